The van der Waals surface area contributed by atoms with Gasteiger partial charge >= 0.3 is 0 Å². The van der Waals surface area contributed by atoms with Gasteiger partial charge in [0, 0.05) is 37.8 Å². The van der Waals surface area contributed by atoms with E-state index < -0.39 is 21.0 Å². The molecule has 1 atom stereocenters. The lowest BCUT2D eigenvalue weighted by molar-refractivity contribution is -0.385. The lowest BCUT2D eigenvalue weighted by Gasteiger charge is -2.35. The van der Waals surface area contributed by atoms with Crippen LogP contribution in [0.2, 0.25) is 0 Å². The minimum Gasteiger partial charge on any atom is -0.341 e. The van der Waals surface area contributed by atoms with Gasteiger partial charge in [-0.3, -0.25) is 14.9 Å². The number of amides is 1. The van der Waals surface area contributed by atoms with Crippen LogP contribution in [0.15, 0.2) is 29.2 Å². The number of likely N-dealkylation sites (tertiary alicyclic amines) is 1. The van der Waals surface area contributed by atoms with Gasteiger partial charge in [0.25, 0.3) is 5.69 Å². The van der Waals surface area contributed by atoms with Gasteiger partial charge < -0.3 is 10.2 Å². The predicted molar refractivity (Wildman–Crippen MR) is 106 cm³/mol. The first kappa shape index (κ1) is 22.5. The van der Waals surface area contributed by atoms with Gasteiger partial charge in [0.1, 0.15) is 6.04 Å². The molecule has 3 rings (SSSR count). The maximum atomic E-state index is 13.0. The number of benzene rings is 1. The van der Waals surface area contributed by atoms with Gasteiger partial charge in [-0.25, -0.2) is 8.42 Å². The Labute approximate surface area is 170 Å². The smallest absolute Gasteiger partial charge is 0.270 e. The molecular formula is C17H25ClN4O5S. The van der Waals surface area contributed by atoms with Gasteiger partial charge in [-0.05, 0) is 38.8 Å². The van der Waals surface area contributed by atoms with Crippen molar-refractivity contribution in [2.75, 3.05) is 26.7 Å². The first-order valence-electron chi connectivity index (χ1n) is 9.07. The fraction of sp³-hybridized carbons (Fsp3) is 0.588. The van der Waals surface area contributed by atoms with E-state index in [-0.39, 0.29) is 35.4 Å². The zero-order valence-electron chi connectivity index (χ0n) is 15.6. The molecule has 0 aliphatic carbocycles. The molecule has 2 saturated heterocycles. The first-order valence-corrected chi connectivity index (χ1v) is 10.5. The Bertz CT molecular complexity index is 827. The van der Waals surface area contributed by atoms with Crippen LogP contribution >= 0.6 is 12.4 Å². The van der Waals surface area contributed by atoms with Crippen molar-refractivity contribution >= 4 is 34.0 Å². The van der Waals surface area contributed by atoms with E-state index in [9.17, 15) is 23.3 Å². The molecule has 0 saturated carbocycles. The Hall–Kier alpha value is -1.75. The molecule has 1 aromatic carbocycles. The summed E-state index contributed by atoms with van der Waals surface area (Å²) in [6.45, 7) is 1.45. The van der Waals surface area contributed by atoms with Gasteiger partial charge in [-0.15, -0.1) is 12.4 Å². The second-order valence-electron chi connectivity index (χ2n) is 6.92. The number of piperidine rings is 1. The van der Waals surface area contributed by atoms with E-state index in [1.54, 1.807) is 4.90 Å². The van der Waals surface area contributed by atoms with Gasteiger partial charge in [0.05, 0.1) is 9.82 Å². The van der Waals surface area contributed by atoms with Gasteiger partial charge in [0.15, 0.2) is 0 Å². The van der Waals surface area contributed by atoms with Crippen LogP contribution < -0.4 is 5.32 Å². The molecule has 0 bridgehead atoms. The number of nitrogens with one attached hydrogen (secondary N) is 1. The average molecular weight is 433 g/mol. The highest BCUT2D eigenvalue weighted by Crippen LogP contribution is 2.29. The summed E-state index contributed by atoms with van der Waals surface area (Å²) < 4.78 is 27.3. The van der Waals surface area contributed by atoms with Crippen molar-refractivity contribution in [3.63, 3.8) is 0 Å². The van der Waals surface area contributed by atoms with E-state index in [1.165, 1.54) is 22.5 Å². The maximum Gasteiger partial charge on any atom is 0.270 e. The van der Waals surface area contributed by atoms with E-state index in [0.29, 0.717) is 32.0 Å². The fourth-order valence-electron chi connectivity index (χ4n) is 3.77. The monoisotopic (exact) mass is 432 g/mol. The minimum absolute atomic E-state index is 0. The summed E-state index contributed by atoms with van der Waals surface area (Å²) >= 11 is 0. The lowest BCUT2D eigenvalue weighted by Crippen LogP contribution is -2.51. The minimum atomic E-state index is -3.97. The molecule has 1 N–H and O–H groups in total. The number of nitro groups is 1. The Balaban J connectivity index is 0.00000280. The van der Waals surface area contributed by atoms with Crippen molar-refractivity contribution in [3.8, 4) is 0 Å². The number of hydrogen-bond acceptors (Lipinski definition) is 6. The summed E-state index contributed by atoms with van der Waals surface area (Å²) in [5.41, 5.74) is -0.285. The molecule has 2 fully saturated rings. The molecule has 0 spiro atoms. The average Bonchev–Trinajstić information content (AvgIpc) is 3.18. The van der Waals surface area contributed by atoms with E-state index >= 15 is 0 Å². The van der Waals surface area contributed by atoms with E-state index in [2.05, 4.69) is 5.32 Å². The van der Waals surface area contributed by atoms with Crippen LogP contribution in [0.5, 0.6) is 0 Å². The van der Waals surface area contributed by atoms with Crippen molar-refractivity contribution in [2.24, 2.45) is 0 Å². The number of halogens is 1. The summed E-state index contributed by atoms with van der Waals surface area (Å²) in [5, 5.41) is 14.2. The summed E-state index contributed by atoms with van der Waals surface area (Å²) in [7, 11) is -2.08. The lowest BCUT2D eigenvalue weighted by atomic mass is 10.0. The molecule has 2 aliphatic rings. The number of non-ortho nitro benzene ring substituents is 1. The Kier molecular flexibility index (Phi) is 7.38. The molecule has 28 heavy (non-hydrogen) atoms. The molecule has 2 aliphatic heterocycles. The quantitative estimate of drug-likeness (QED) is 0.555. The van der Waals surface area contributed by atoms with Gasteiger partial charge in [0.2, 0.25) is 15.9 Å². The molecule has 0 radical (unpaired) electrons. The molecule has 2 heterocycles. The van der Waals surface area contributed by atoms with Crippen molar-refractivity contribution in [3.05, 3.63) is 34.4 Å². The number of carbonyl (C=O) groups excluding carboxylic acids is 1. The number of nitrogens with zero attached hydrogens (tertiary/aromatic N) is 3. The number of sulfonamides is 1. The highest BCUT2D eigenvalue weighted by atomic mass is 35.5. The van der Waals surface area contributed by atoms with Crippen LogP contribution in [0.3, 0.4) is 0 Å². The standard InChI is InChI=1S/C17H24N4O5S.ClH/c1-18-13-7-10-19(11-8-13)17(22)16-6-3-9-20(16)27(25,26)15-5-2-4-14(12-15)21(23)24;/h2,4-5,12-13,16,18H,3,6-11H2,1H3;1H. The molecule has 1 amide bonds. The topological polar surface area (TPSA) is 113 Å². The van der Waals surface area contributed by atoms with E-state index in [1.807, 2.05) is 7.05 Å². The third-order valence-electron chi connectivity index (χ3n) is 5.34. The first-order chi connectivity index (χ1) is 12.8. The van der Waals surface area contributed by atoms with Crippen LogP contribution in [-0.4, -0.2) is 67.2 Å². The number of rotatable bonds is 5. The Morgan fingerprint density at radius 3 is 2.50 bits per heavy atom. The largest absolute Gasteiger partial charge is 0.341 e. The third kappa shape index (κ3) is 4.45. The highest BCUT2D eigenvalue weighted by Gasteiger charge is 2.42. The van der Waals surface area contributed by atoms with E-state index in [0.717, 1.165) is 18.9 Å². The predicted octanol–water partition coefficient (Wildman–Crippen LogP) is 1.38. The van der Waals surface area contributed by atoms with Crippen molar-refractivity contribution in [1.82, 2.24) is 14.5 Å². The SMILES string of the molecule is CNC1CCN(C(=O)C2CCCN2S(=O)(=O)c2cccc([N+](=O)[O-])c2)CC1.Cl. The van der Waals surface area contributed by atoms with Gasteiger partial charge in [-0.1, -0.05) is 6.07 Å². The van der Waals surface area contributed by atoms with Crippen molar-refractivity contribution in [1.29, 1.82) is 0 Å². The Morgan fingerprint density at radius 2 is 1.89 bits per heavy atom. The van der Waals surface area contributed by atoms with Crippen molar-refractivity contribution in [2.45, 2.75) is 42.7 Å². The molecule has 156 valence electrons. The van der Waals surface area contributed by atoms with Gasteiger partial charge in [-0.2, -0.15) is 4.31 Å². The molecule has 11 heteroatoms. The summed E-state index contributed by atoms with van der Waals surface area (Å²) in [6.07, 6.45) is 2.75. The summed E-state index contributed by atoms with van der Waals surface area (Å²) in [6, 6.07) is 4.62. The van der Waals surface area contributed by atoms with Crippen LogP contribution in [0.4, 0.5) is 5.69 Å². The van der Waals surface area contributed by atoms with E-state index in [4.69, 9.17) is 0 Å². The van der Waals surface area contributed by atoms with Crippen LogP contribution in [0.25, 0.3) is 0 Å². The zero-order valence-corrected chi connectivity index (χ0v) is 17.2. The normalized spacial score (nSPS) is 21.3. The summed E-state index contributed by atoms with van der Waals surface area (Å²) in [5.74, 6) is -0.170. The summed E-state index contributed by atoms with van der Waals surface area (Å²) in [4.78, 5) is 24.9. The second-order valence-corrected chi connectivity index (χ2v) is 8.81. The Morgan fingerprint density at radius 1 is 1.21 bits per heavy atom. The van der Waals surface area contributed by atoms with Crippen LogP contribution in [0.1, 0.15) is 25.7 Å². The fourth-order valence-corrected chi connectivity index (χ4v) is 5.46. The third-order valence-corrected chi connectivity index (χ3v) is 7.24. The number of carbonyl (C=O) groups is 1. The second kappa shape index (κ2) is 9.17. The number of hydrogen-bond donors (Lipinski definition) is 1. The molecule has 1 unspecified atom stereocenters. The van der Waals surface area contributed by atoms with Crippen LogP contribution in [-0.2, 0) is 14.8 Å². The van der Waals surface area contributed by atoms with Crippen molar-refractivity contribution < 1.29 is 18.1 Å². The maximum absolute atomic E-state index is 13.0. The number of nitro benzene ring substituents is 1. The highest BCUT2D eigenvalue weighted by molar-refractivity contribution is 7.89. The van der Waals surface area contributed by atoms with Crippen LogP contribution in [0, 0.1) is 10.1 Å². The molecule has 1 aromatic rings. The molecule has 9 nitrogen and oxygen atoms in total. The molecular weight excluding hydrogens is 408 g/mol. The molecule has 0 aromatic heterocycles. The zero-order chi connectivity index (χ0) is 19.6.